The standard InChI is InChI=1S/C15H14BrN3O/c16-12-6-11(8-18-9-12)15(20)19-5-1-2-10-3-4-13(17)7-14(10)19/h3-4,6-9H,1-2,5,17H2. The Balaban J connectivity index is 2.00. The maximum Gasteiger partial charge on any atom is 0.259 e. The van der Waals surface area contributed by atoms with E-state index in [1.54, 1.807) is 23.4 Å². The Labute approximate surface area is 125 Å². The Hall–Kier alpha value is -1.88. The number of halogens is 1. The predicted molar refractivity (Wildman–Crippen MR) is 82.8 cm³/mol. The van der Waals surface area contributed by atoms with Crippen molar-refractivity contribution in [3.05, 3.63) is 52.3 Å². The van der Waals surface area contributed by atoms with E-state index in [4.69, 9.17) is 5.73 Å². The molecule has 0 atom stereocenters. The summed E-state index contributed by atoms with van der Waals surface area (Å²) >= 11 is 3.34. The number of aromatic nitrogens is 1. The number of rotatable bonds is 1. The van der Waals surface area contributed by atoms with Crippen molar-refractivity contribution in [2.45, 2.75) is 12.8 Å². The van der Waals surface area contributed by atoms with Crippen LogP contribution in [0, 0.1) is 0 Å². The lowest BCUT2D eigenvalue weighted by Crippen LogP contribution is -2.35. The highest BCUT2D eigenvalue weighted by atomic mass is 79.9. The fraction of sp³-hybridized carbons (Fsp3) is 0.200. The average molecular weight is 332 g/mol. The number of nitrogen functional groups attached to an aromatic ring is 1. The molecule has 2 aromatic rings. The van der Waals surface area contributed by atoms with Crippen LogP contribution in [0.2, 0.25) is 0 Å². The van der Waals surface area contributed by atoms with E-state index in [0.29, 0.717) is 17.8 Å². The van der Waals surface area contributed by atoms with Gasteiger partial charge in [0, 0.05) is 34.8 Å². The summed E-state index contributed by atoms with van der Waals surface area (Å²) in [6.07, 6.45) is 5.20. The van der Waals surface area contributed by atoms with Crippen LogP contribution in [-0.2, 0) is 6.42 Å². The first kappa shape index (κ1) is 13.1. The van der Waals surface area contributed by atoms with E-state index in [1.165, 1.54) is 5.56 Å². The quantitative estimate of drug-likeness (QED) is 0.817. The fourth-order valence-corrected chi connectivity index (χ4v) is 2.85. The minimum Gasteiger partial charge on any atom is -0.399 e. The number of anilines is 2. The molecule has 20 heavy (non-hydrogen) atoms. The van der Waals surface area contributed by atoms with Crippen LogP contribution < -0.4 is 10.6 Å². The first-order valence-corrected chi connectivity index (χ1v) is 7.25. The van der Waals surface area contributed by atoms with Crippen LogP contribution in [0.1, 0.15) is 22.3 Å². The molecule has 2 heterocycles. The van der Waals surface area contributed by atoms with Crippen molar-refractivity contribution in [1.29, 1.82) is 0 Å². The van der Waals surface area contributed by atoms with Gasteiger partial charge in [-0.25, -0.2) is 0 Å². The van der Waals surface area contributed by atoms with Gasteiger partial charge in [-0.1, -0.05) is 6.07 Å². The SMILES string of the molecule is Nc1ccc2c(c1)N(C(=O)c1cncc(Br)c1)CCC2. The van der Waals surface area contributed by atoms with E-state index in [-0.39, 0.29) is 5.91 Å². The molecule has 1 aliphatic heterocycles. The molecular formula is C15H14BrN3O. The van der Waals surface area contributed by atoms with Crippen LogP contribution in [0.5, 0.6) is 0 Å². The zero-order valence-electron chi connectivity index (χ0n) is 10.8. The molecule has 0 fully saturated rings. The average Bonchev–Trinajstić information content (AvgIpc) is 2.46. The number of nitrogens with two attached hydrogens (primary N) is 1. The van der Waals surface area contributed by atoms with Gasteiger partial charge in [0.05, 0.1) is 5.56 Å². The molecule has 3 rings (SSSR count). The van der Waals surface area contributed by atoms with Gasteiger partial charge >= 0.3 is 0 Å². The van der Waals surface area contributed by atoms with Gasteiger partial charge in [0.2, 0.25) is 0 Å². The Kier molecular flexibility index (Phi) is 3.44. The van der Waals surface area contributed by atoms with Crippen LogP contribution in [-0.4, -0.2) is 17.4 Å². The highest BCUT2D eigenvalue weighted by Gasteiger charge is 2.24. The Bertz CT molecular complexity index is 672. The monoisotopic (exact) mass is 331 g/mol. The highest BCUT2D eigenvalue weighted by Crippen LogP contribution is 2.30. The second kappa shape index (κ2) is 5.25. The summed E-state index contributed by atoms with van der Waals surface area (Å²) in [6.45, 7) is 0.710. The van der Waals surface area contributed by atoms with E-state index >= 15 is 0 Å². The maximum atomic E-state index is 12.7. The molecule has 0 saturated carbocycles. The lowest BCUT2D eigenvalue weighted by atomic mass is 10.0. The Morgan fingerprint density at radius 1 is 1.30 bits per heavy atom. The molecule has 1 aromatic heterocycles. The largest absolute Gasteiger partial charge is 0.399 e. The van der Waals surface area contributed by atoms with Crippen LogP contribution >= 0.6 is 15.9 Å². The van der Waals surface area contributed by atoms with Crippen molar-refractivity contribution in [1.82, 2.24) is 4.98 Å². The first-order valence-electron chi connectivity index (χ1n) is 6.46. The molecule has 0 spiro atoms. The fourth-order valence-electron chi connectivity index (χ4n) is 2.49. The van der Waals surface area contributed by atoms with Gasteiger partial charge in [-0.05, 0) is 52.5 Å². The molecule has 1 amide bonds. The molecule has 4 nitrogen and oxygen atoms in total. The number of aryl methyl sites for hydroxylation is 1. The van der Waals surface area contributed by atoms with Gasteiger partial charge in [0.25, 0.3) is 5.91 Å². The second-order valence-corrected chi connectivity index (χ2v) is 5.76. The molecule has 2 N–H and O–H groups in total. The molecular weight excluding hydrogens is 318 g/mol. The van der Waals surface area contributed by atoms with E-state index in [9.17, 15) is 4.79 Å². The Morgan fingerprint density at radius 2 is 2.15 bits per heavy atom. The number of hydrogen-bond donors (Lipinski definition) is 1. The number of carbonyl (C=O) groups is 1. The lowest BCUT2D eigenvalue weighted by Gasteiger charge is -2.29. The summed E-state index contributed by atoms with van der Waals surface area (Å²) in [7, 11) is 0. The zero-order chi connectivity index (χ0) is 14.1. The third-order valence-electron chi connectivity index (χ3n) is 3.42. The van der Waals surface area contributed by atoms with Crippen molar-refractivity contribution in [2.75, 3.05) is 17.2 Å². The highest BCUT2D eigenvalue weighted by molar-refractivity contribution is 9.10. The molecule has 0 bridgehead atoms. The van der Waals surface area contributed by atoms with E-state index in [0.717, 1.165) is 23.0 Å². The number of amides is 1. The molecule has 1 aliphatic rings. The van der Waals surface area contributed by atoms with Gasteiger partial charge in [0.15, 0.2) is 0 Å². The number of fused-ring (bicyclic) bond motifs is 1. The number of carbonyl (C=O) groups excluding carboxylic acids is 1. The topological polar surface area (TPSA) is 59.2 Å². The molecule has 0 aliphatic carbocycles. The minimum atomic E-state index is -0.0367. The van der Waals surface area contributed by atoms with E-state index < -0.39 is 0 Å². The molecule has 0 unspecified atom stereocenters. The maximum absolute atomic E-state index is 12.7. The summed E-state index contributed by atoms with van der Waals surface area (Å²) in [5.41, 5.74) is 9.19. The number of nitrogens with zero attached hydrogens (tertiary/aromatic N) is 2. The molecule has 102 valence electrons. The smallest absolute Gasteiger partial charge is 0.259 e. The normalized spacial score (nSPS) is 13.9. The number of benzene rings is 1. The molecule has 1 aromatic carbocycles. The van der Waals surface area contributed by atoms with Crippen molar-refractivity contribution < 1.29 is 4.79 Å². The second-order valence-electron chi connectivity index (χ2n) is 4.84. The van der Waals surface area contributed by atoms with Gasteiger partial charge in [0.1, 0.15) is 0 Å². The zero-order valence-corrected chi connectivity index (χ0v) is 12.4. The van der Waals surface area contributed by atoms with Gasteiger partial charge < -0.3 is 10.6 Å². The third kappa shape index (κ3) is 2.41. The Morgan fingerprint density at radius 3 is 2.95 bits per heavy atom. The van der Waals surface area contributed by atoms with Crippen LogP contribution in [0.15, 0.2) is 41.1 Å². The number of pyridine rings is 1. The van der Waals surface area contributed by atoms with Crippen molar-refractivity contribution in [3.63, 3.8) is 0 Å². The first-order chi connectivity index (χ1) is 9.65. The number of hydrogen-bond acceptors (Lipinski definition) is 3. The summed E-state index contributed by atoms with van der Waals surface area (Å²) in [5, 5.41) is 0. The van der Waals surface area contributed by atoms with Crippen LogP contribution in [0.4, 0.5) is 11.4 Å². The molecule has 5 heteroatoms. The molecule has 0 radical (unpaired) electrons. The lowest BCUT2D eigenvalue weighted by molar-refractivity contribution is 0.0984. The van der Waals surface area contributed by atoms with Gasteiger partial charge in [-0.15, -0.1) is 0 Å². The third-order valence-corrected chi connectivity index (χ3v) is 3.86. The van der Waals surface area contributed by atoms with E-state index in [1.807, 2.05) is 18.2 Å². The van der Waals surface area contributed by atoms with E-state index in [2.05, 4.69) is 20.9 Å². The van der Waals surface area contributed by atoms with Crippen LogP contribution in [0.3, 0.4) is 0 Å². The summed E-state index contributed by atoms with van der Waals surface area (Å²) in [6, 6.07) is 7.55. The summed E-state index contributed by atoms with van der Waals surface area (Å²) < 4.78 is 0.799. The van der Waals surface area contributed by atoms with Crippen LogP contribution in [0.25, 0.3) is 0 Å². The van der Waals surface area contributed by atoms with Crippen molar-refractivity contribution in [2.24, 2.45) is 0 Å². The van der Waals surface area contributed by atoms with Crippen molar-refractivity contribution in [3.8, 4) is 0 Å². The minimum absolute atomic E-state index is 0.0367. The van der Waals surface area contributed by atoms with Gasteiger partial charge in [-0.2, -0.15) is 0 Å². The van der Waals surface area contributed by atoms with Gasteiger partial charge in [-0.3, -0.25) is 9.78 Å². The molecule has 0 saturated heterocycles. The van der Waals surface area contributed by atoms with Crippen molar-refractivity contribution >= 4 is 33.2 Å². The summed E-state index contributed by atoms with van der Waals surface area (Å²) in [5.74, 6) is -0.0367. The predicted octanol–water partition coefficient (Wildman–Crippen LogP) is 3.02. The summed E-state index contributed by atoms with van der Waals surface area (Å²) in [4.78, 5) is 18.5.